The first-order chi connectivity index (χ1) is 15.3. The number of benzene rings is 1. The summed E-state index contributed by atoms with van der Waals surface area (Å²) in [6, 6.07) is 12.0. The summed E-state index contributed by atoms with van der Waals surface area (Å²) in [5.74, 6) is 1.65. The molecule has 5 aromatic rings. The summed E-state index contributed by atoms with van der Waals surface area (Å²) >= 11 is 1.66. The summed E-state index contributed by atoms with van der Waals surface area (Å²) in [6.45, 7) is 3.02. The standard InChI is InChI=1S/C22H19N7OS/c1-4-15(16-13-24-28-17(16)5-1)21-26-18-11-19(25-14-3-2-6-23-12-14)31-20(18)22(27-21)29-7-9-30-10-8-29/h1-6,11-13,25H,7-10H2,(H,24,28). The van der Waals surface area contributed by atoms with Crippen LogP contribution in [0.2, 0.25) is 0 Å². The zero-order chi connectivity index (χ0) is 20.6. The Balaban J connectivity index is 1.51. The summed E-state index contributed by atoms with van der Waals surface area (Å²) in [5.41, 5.74) is 3.80. The van der Waals surface area contributed by atoms with E-state index in [1.807, 2.05) is 42.7 Å². The van der Waals surface area contributed by atoms with Crippen LogP contribution in [-0.4, -0.2) is 51.5 Å². The van der Waals surface area contributed by atoms with Crippen LogP contribution in [0, 0.1) is 0 Å². The Bertz CT molecular complexity index is 1360. The SMILES string of the molecule is c1cncc(Nc2cc3nc(-c4cccc5[nH]ncc45)nc(N4CCOCC4)c3s2)c1. The topological polar surface area (TPSA) is 91.9 Å². The predicted molar refractivity (Wildman–Crippen MR) is 123 cm³/mol. The predicted octanol–water partition coefficient (Wildman–Crippen LogP) is 4.21. The van der Waals surface area contributed by atoms with E-state index in [1.54, 1.807) is 17.5 Å². The van der Waals surface area contributed by atoms with Crippen molar-refractivity contribution >= 4 is 49.0 Å². The first-order valence-electron chi connectivity index (χ1n) is 10.1. The summed E-state index contributed by atoms with van der Waals surface area (Å²) < 4.78 is 6.63. The number of pyridine rings is 1. The molecule has 1 aliphatic heterocycles. The van der Waals surface area contributed by atoms with E-state index < -0.39 is 0 Å². The lowest BCUT2D eigenvalue weighted by Gasteiger charge is -2.28. The molecule has 154 valence electrons. The zero-order valence-electron chi connectivity index (χ0n) is 16.6. The van der Waals surface area contributed by atoms with Crippen LogP contribution >= 0.6 is 11.3 Å². The van der Waals surface area contributed by atoms with Crippen molar-refractivity contribution in [2.75, 3.05) is 36.5 Å². The average Bonchev–Trinajstić information content (AvgIpc) is 3.46. The van der Waals surface area contributed by atoms with E-state index in [-0.39, 0.29) is 0 Å². The molecular weight excluding hydrogens is 410 g/mol. The van der Waals surface area contributed by atoms with E-state index in [0.717, 1.165) is 56.3 Å². The molecule has 4 aromatic heterocycles. The van der Waals surface area contributed by atoms with Gasteiger partial charge in [0.1, 0.15) is 0 Å². The maximum atomic E-state index is 5.57. The molecule has 0 radical (unpaired) electrons. The van der Waals surface area contributed by atoms with Gasteiger partial charge in [0, 0.05) is 30.2 Å². The minimum Gasteiger partial charge on any atom is -0.378 e. The van der Waals surface area contributed by atoms with Crippen LogP contribution in [0.15, 0.2) is 55.0 Å². The Hall–Kier alpha value is -3.56. The number of aromatic nitrogens is 5. The number of thiophene rings is 1. The van der Waals surface area contributed by atoms with Gasteiger partial charge < -0.3 is 15.0 Å². The Labute approximate surface area is 181 Å². The van der Waals surface area contributed by atoms with Crippen molar-refractivity contribution in [1.82, 2.24) is 25.1 Å². The fraction of sp³-hybridized carbons (Fsp3) is 0.182. The van der Waals surface area contributed by atoms with E-state index in [9.17, 15) is 0 Å². The third-order valence-corrected chi connectivity index (χ3v) is 6.35. The molecule has 0 aliphatic carbocycles. The monoisotopic (exact) mass is 429 g/mol. The second-order valence-corrected chi connectivity index (χ2v) is 8.35. The molecule has 2 N–H and O–H groups in total. The summed E-state index contributed by atoms with van der Waals surface area (Å²) in [4.78, 5) is 16.4. The average molecular weight is 430 g/mol. The van der Waals surface area contributed by atoms with Gasteiger partial charge in [0.2, 0.25) is 0 Å². The van der Waals surface area contributed by atoms with Crippen molar-refractivity contribution in [1.29, 1.82) is 0 Å². The molecule has 6 rings (SSSR count). The van der Waals surface area contributed by atoms with Gasteiger partial charge in [-0.3, -0.25) is 10.1 Å². The normalized spacial score (nSPS) is 14.4. The lowest BCUT2D eigenvalue weighted by molar-refractivity contribution is 0.122. The van der Waals surface area contributed by atoms with E-state index in [4.69, 9.17) is 14.7 Å². The fourth-order valence-electron chi connectivity index (χ4n) is 3.83. The molecule has 0 spiro atoms. The molecule has 31 heavy (non-hydrogen) atoms. The molecule has 0 amide bonds. The maximum absolute atomic E-state index is 5.57. The number of rotatable bonds is 4. The zero-order valence-corrected chi connectivity index (χ0v) is 17.4. The van der Waals surface area contributed by atoms with Crippen molar-refractivity contribution in [2.24, 2.45) is 0 Å². The van der Waals surface area contributed by atoms with E-state index >= 15 is 0 Å². The quantitative estimate of drug-likeness (QED) is 0.442. The minimum atomic E-state index is 0.699. The molecule has 0 unspecified atom stereocenters. The third-order valence-electron chi connectivity index (χ3n) is 5.32. The van der Waals surface area contributed by atoms with Crippen molar-refractivity contribution in [3.63, 3.8) is 0 Å². The minimum absolute atomic E-state index is 0.699. The molecule has 9 heteroatoms. The Morgan fingerprint density at radius 1 is 1.06 bits per heavy atom. The number of fused-ring (bicyclic) bond motifs is 2. The molecule has 5 heterocycles. The van der Waals surface area contributed by atoms with Crippen LogP contribution in [-0.2, 0) is 4.74 Å². The van der Waals surface area contributed by atoms with Gasteiger partial charge in [0.15, 0.2) is 11.6 Å². The first kappa shape index (κ1) is 18.2. The molecule has 0 bridgehead atoms. The van der Waals surface area contributed by atoms with Gasteiger partial charge in [-0.25, -0.2) is 9.97 Å². The van der Waals surface area contributed by atoms with Crippen molar-refractivity contribution in [2.45, 2.75) is 0 Å². The summed E-state index contributed by atoms with van der Waals surface area (Å²) in [7, 11) is 0. The molecule has 1 saturated heterocycles. The number of hydrogen-bond donors (Lipinski definition) is 2. The fourth-order valence-corrected chi connectivity index (χ4v) is 4.86. The molecule has 1 fully saturated rings. The highest BCUT2D eigenvalue weighted by atomic mass is 32.1. The number of morpholine rings is 1. The lowest BCUT2D eigenvalue weighted by Crippen LogP contribution is -2.36. The summed E-state index contributed by atoms with van der Waals surface area (Å²) in [5, 5.41) is 12.7. The van der Waals surface area contributed by atoms with E-state index in [2.05, 4.69) is 31.5 Å². The van der Waals surface area contributed by atoms with E-state index in [0.29, 0.717) is 19.0 Å². The molecule has 8 nitrogen and oxygen atoms in total. The van der Waals surface area contributed by atoms with Crippen molar-refractivity contribution < 1.29 is 4.74 Å². The number of ether oxygens (including phenoxy) is 1. The van der Waals surface area contributed by atoms with E-state index in [1.165, 1.54) is 0 Å². The van der Waals surface area contributed by atoms with Crippen LogP contribution in [0.25, 0.3) is 32.5 Å². The van der Waals surface area contributed by atoms with Gasteiger partial charge in [-0.15, -0.1) is 11.3 Å². The Morgan fingerprint density at radius 2 is 2.00 bits per heavy atom. The third kappa shape index (κ3) is 3.37. The number of aromatic amines is 1. The lowest BCUT2D eigenvalue weighted by atomic mass is 10.1. The molecular formula is C22H19N7OS. The van der Waals surface area contributed by atoms with Crippen molar-refractivity contribution in [3.8, 4) is 11.4 Å². The number of nitrogens with zero attached hydrogens (tertiary/aromatic N) is 5. The van der Waals surface area contributed by atoms with Gasteiger partial charge in [0.25, 0.3) is 0 Å². The van der Waals surface area contributed by atoms with Crippen LogP contribution in [0.5, 0.6) is 0 Å². The number of H-pyrrole nitrogens is 1. The first-order valence-corrected chi connectivity index (χ1v) is 10.9. The van der Waals surface area contributed by atoms with Gasteiger partial charge in [-0.1, -0.05) is 12.1 Å². The Morgan fingerprint density at radius 3 is 2.87 bits per heavy atom. The Kier molecular flexibility index (Phi) is 4.47. The van der Waals surface area contributed by atoms with Crippen LogP contribution in [0.1, 0.15) is 0 Å². The molecule has 1 aromatic carbocycles. The molecule has 0 atom stereocenters. The highest BCUT2D eigenvalue weighted by molar-refractivity contribution is 7.23. The highest BCUT2D eigenvalue weighted by Gasteiger charge is 2.21. The van der Waals surface area contributed by atoms with Gasteiger partial charge in [-0.2, -0.15) is 5.10 Å². The van der Waals surface area contributed by atoms with Gasteiger partial charge in [-0.05, 0) is 24.3 Å². The number of nitrogens with one attached hydrogen (secondary N) is 2. The maximum Gasteiger partial charge on any atom is 0.162 e. The van der Waals surface area contributed by atoms with Crippen LogP contribution in [0.3, 0.4) is 0 Å². The second-order valence-electron chi connectivity index (χ2n) is 7.30. The van der Waals surface area contributed by atoms with Gasteiger partial charge in [0.05, 0.1) is 52.0 Å². The second kappa shape index (κ2) is 7.60. The smallest absolute Gasteiger partial charge is 0.162 e. The van der Waals surface area contributed by atoms with Crippen molar-refractivity contribution in [3.05, 3.63) is 55.0 Å². The molecule has 0 saturated carbocycles. The number of anilines is 3. The summed E-state index contributed by atoms with van der Waals surface area (Å²) in [6.07, 6.45) is 5.40. The number of hydrogen-bond acceptors (Lipinski definition) is 8. The van der Waals surface area contributed by atoms with Crippen LogP contribution in [0.4, 0.5) is 16.5 Å². The largest absolute Gasteiger partial charge is 0.378 e. The highest BCUT2D eigenvalue weighted by Crippen LogP contribution is 2.38. The van der Waals surface area contributed by atoms with Crippen LogP contribution < -0.4 is 10.2 Å². The molecule has 1 aliphatic rings. The van der Waals surface area contributed by atoms with Gasteiger partial charge >= 0.3 is 0 Å².